The molecular formula is C17H20N6O3. The van der Waals surface area contributed by atoms with E-state index in [0.717, 1.165) is 19.3 Å². The summed E-state index contributed by atoms with van der Waals surface area (Å²) in [5, 5.41) is 13.4. The maximum atomic E-state index is 12.4. The largest absolute Gasteiger partial charge is 0.480 e. The molecule has 1 saturated carbocycles. The van der Waals surface area contributed by atoms with Gasteiger partial charge in [0.1, 0.15) is 11.2 Å². The third kappa shape index (κ3) is 2.90. The third-order valence-electron chi connectivity index (χ3n) is 4.69. The SMILES string of the molecule is COc1ncccc1Nc1ncc2[nH]c(=O)n([C@H]3CCCC[C@H]3O)c2n1. The maximum absolute atomic E-state index is 12.4. The van der Waals surface area contributed by atoms with Gasteiger partial charge >= 0.3 is 5.69 Å². The first-order chi connectivity index (χ1) is 12.7. The van der Waals surface area contributed by atoms with E-state index in [1.807, 2.05) is 0 Å². The van der Waals surface area contributed by atoms with Crippen LogP contribution in [0.1, 0.15) is 31.7 Å². The Kier molecular flexibility index (Phi) is 4.29. The van der Waals surface area contributed by atoms with Crippen LogP contribution in [0.5, 0.6) is 5.88 Å². The summed E-state index contributed by atoms with van der Waals surface area (Å²) in [5.41, 5.74) is 1.35. The molecule has 9 nitrogen and oxygen atoms in total. The second kappa shape index (κ2) is 6.75. The number of aromatic amines is 1. The van der Waals surface area contributed by atoms with Gasteiger partial charge in [0.05, 0.1) is 25.5 Å². The minimum absolute atomic E-state index is 0.277. The first-order valence-corrected chi connectivity index (χ1v) is 8.58. The van der Waals surface area contributed by atoms with Crippen LogP contribution in [0.15, 0.2) is 29.3 Å². The number of fused-ring (bicyclic) bond motifs is 1. The van der Waals surface area contributed by atoms with Crippen molar-refractivity contribution in [2.75, 3.05) is 12.4 Å². The van der Waals surface area contributed by atoms with Gasteiger partial charge in [0.15, 0.2) is 5.65 Å². The minimum Gasteiger partial charge on any atom is -0.480 e. The van der Waals surface area contributed by atoms with Crippen LogP contribution >= 0.6 is 0 Å². The Balaban J connectivity index is 1.74. The normalized spacial score (nSPS) is 20.2. The van der Waals surface area contributed by atoms with Crippen molar-refractivity contribution >= 4 is 22.8 Å². The molecule has 9 heteroatoms. The van der Waals surface area contributed by atoms with E-state index in [0.29, 0.717) is 35.1 Å². The predicted molar refractivity (Wildman–Crippen MR) is 95.7 cm³/mol. The van der Waals surface area contributed by atoms with Crippen molar-refractivity contribution in [2.24, 2.45) is 0 Å². The van der Waals surface area contributed by atoms with Crippen molar-refractivity contribution in [3.05, 3.63) is 35.0 Å². The monoisotopic (exact) mass is 356 g/mol. The lowest BCUT2D eigenvalue weighted by Gasteiger charge is -2.28. The number of H-pyrrole nitrogens is 1. The Bertz CT molecular complexity index is 982. The summed E-state index contributed by atoms with van der Waals surface area (Å²) in [4.78, 5) is 28.1. The van der Waals surface area contributed by atoms with Gasteiger partial charge in [-0.25, -0.2) is 14.8 Å². The topological polar surface area (TPSA) is 118 Å². The first kappa shape index (κ1) is 16.5. The molecule has 0 saturated heterocycles. The molecule has 0 spiro atoms. The Hall–Kier alpha value is -2.94. The number of imidazole rings is 1. The number of aromatic nitrogens is 5. The van der Waals surface area contributed by atoms with Gasteiger partial charge in [-0.3, -0.25) is 4.57 Å². The van der Waals surface area contributed by atoms with Crippen LogP contribution < -0.4 is 15.7 Å². The van der Waals surface area contributed by atoms with Gasteiger partial charge in [-0.15, -0.1) is 0 Å². The quantitative estimate of drug-likeness (QED) is 0.651. The fourth-order valence-corrected chi connectivity index (χ4v) is 3.45. The maximum Gasteiger partial charge on any atom is 0.328 e. The van der Waals surface area contributed by atoms with Gasteiger partial charge < -0.3 is 20.1 Å². The molecule has 26 heavy (non-hydrogen) atoms. The smallest absolute Gasteiger partial charge is 0.328 e. The van der Waals surface area contributed by atoms with Crippen molar-refractivity contribution in [1.82, 2.24) is 24.5 Å². The molecule has 3 aromatic rings. The Morgan fingerprint density at radius 3 is 3.00 bits per heavy atom. The van der Waals surface area contributed by atoms with Gasteiger partial charge in [0.2, 0.25) is 11.8 Å². The zero-order valence-corrected chi connectivity index (χ0v) is 14.3. The van der Waals surface area contributed by atoms with Crippen LogP contribution in [0.25, 0.3) is 11.2 Å². The fraction of sp³-hybridized carbons (Fsp3) is 0.412. The number of nitrogens with one attached hydrogen (secondary N) is 2. The molecule has 1 aliphatic rings. The van der Waals surface area contributed by atoms with Crippen LogP contribution in [-0.2, 0) is 0 Å². The summed E-state index contributed by atoms with van der Waals surface area (Å²) < 4.78 is 6.77. The number of aliphatic hydroxyl groups excluding tert-OH is 1. The van der Waals surface area contributed by atoms with Gasteiger partial charge in [-0.1, -0.05) is 12.8 Å². The first-order valence-electron chi connectivity index (χ1n) is 8.58. The van der Waals surface area contributed by atoms with E-state index in [1.165, 1.54) is 7.11 Å². The predicted octanol–water partition coefficient (Wildman–Crippen LogP) is 1.74. The molecule has 1 aliphatic carbocycles. The van der Waals surface area contributed by atoms with Gasteiger partial charge in [0.25, 0.3) is 0 Å². The molecule has 0 amide bonds. The number of hydrogen-bond acceptors (Lipinski definition) is 7. The number of methoxy groups -OCH3 is 1. The fourth-order valence-electron chi connectivity index (χ4n) is 3.45. The Morgan fingerprint density at radius 1 is 1.35 bits per heavy atom. The minimum atomic E-state index is -0.551. The molecular weight excluding hydrogens is 336 g/mol. The number of ether oxygens (including phenoxy) is 1. The van der Waals surface area contributed by atoms with Crippen molar-refractivity contribution in [2.45, 2.75) is 37.8 Å². The molecule has 1 fully saturated rings. The second-order valence-corrected chi connectivity index (χ2v) is 6.34. The van der Waals surface area contributed by atoms with E-state index in [4.69, 9.17) is 4.74 Å². The van der Waals surface area contributed by atoms with E-state index in [-0.39, 0.29) is 11.7 Å². The molecule has 3 heterocycles. The molecule has 3 aromatic heterocycles. The van der Waals surface area contributed by atoms with Gasteiger partial charge in [-0.2, -0.15) is 4.98 Å². The molecule has 3 N–H and O–H groups in total. The van der Waals surface area contributed by atoms with E-state index in [2.05, 4.69) is 25.3 Å². The molecule has 0 radical (unpaired) electrons. The van der Waals surface area contributed by atoms with Crippen molar-refractivity contribution in [3.8, 4) is 5.88 Å². The highest BCUT2D eigenvalue weighted by Crippen LogP contribution is 2.30. The van der Waals surface area contributed by atoms with Crippen LogP contribution in [0.2, 0.25) is 0 Å². The van der Waals surface area contributed by atoms with E-state index in [9.17, 15) is 9.90 Å². The van der Waals surface area contributed by atoms with Gasteiger partial charge in [0, 0.05) is 6.20 Å². The molecule has 0 bridgehead atoms. The van der Waals surface area contributed by atoms with Crippen LogP contribution in [0.3, 0.4) is 0 Å². The summed E-state index contributed by atoms with van der Waals surface area (Å²) in [7, 11) is 1.53. The van der Waals surface area contributed by atoms with E-state index in [1.54, 1.807) is 29.1 Å². The zero-order chi connectivity index (χ0) is 18.1. The molecule has 2 atom stereocenters. The average molecular weight is 356 g/mol. The Labute approximate surface area is 149 Å². The number of rotatable bonds is 4. The number of aliphatic hydroxyl groups is 1. The van der Waals surface area contributed by atoms with Crippen molar-refractivity contribution in [1.29, 1.82) is 0 Å². The summed E-state index contributed by atoms with van der Waals surface area (Å²) >= 11 is 0. The lowest BCUT2D eigenvalue weighted by molar-refractivity contribution is 0.0756. The van der Waals surface area contributed by atoms with Crippen LogP contribution in [0.4, 0.5) is 11.6 Å². The molecule has 0 aliphatic heterocycles. The third-order valence-corrected chi connectivity index (χ3v) is 4.69. The Morgan fingerprint density at radius 2 is 2.19 bits per heavy atom. The summed E-state index contributed by atoms with van der Waals surface area (Å²) in [5.74, 6) is 0.743. The number of nitrogens with zero attached hydrogens (tertiary/aromatic N) is 4. The lowest BCUT2D eigenvalue weighted by atomic mass is 9.92. The highest BCUT2D eigenvalue weighted by molar-refractivity contribution is 5.72. The molecule has 136 valence electrons. The zero-order valence-electron chi connectivity index (χ0n) is 14.3. The highest BCUT2D eigenvalue weighted by atomic mass is 16.5. The highest BCUT2D eigenvalue weighted by Gasteiger charge is 2.28. The van der Waals surface area contributed by atoms with Gasteiger partial charge in [-0.05, 0) is 25.0 Å². The van der Waals surface area contributed by atoms with Crippen LogP contribution in [-0.4, -0.2) is 42.8 Å². The molecule has 0 unspecified atom stereocenters. The molecule has 4 rings (SSSR count). The molecule has 0 aromatic carbocycles. The van der Waals surface area contributed by atoms with E-state index < -0.39 is 6.10 Å². The summed E-state index contributed by atoms with van der Waals surface area (Å²) in [6.07, 6.45) is 6.01. The second-order valence-electron chi connectivity index (χ2n) is 6.34. The summed E-state index contributed by atoms with van der Waals surface area (Å²) in [6, 6.07) is 3.29. The lowest BCUT2D eigenvalue weighted by Crippen LogP contribution is -2.33. The van der Waals surface area contributed by atoms with Crippen molar-refractivity contribution in [3.63, 3.8) is 0 Å². The van der Waals surface area contributed by atoms with E-state index >= 15 is 0 Å². The number of anilines is 2. The van der Waals surface area contributed by atoms with Crippen molar-refractivity contribution < 1.29 is 9.84 Å². The summed E-state index contributed by atoms with van der Waals surface area (Å²) in [6.45, 7) is 0. The standard InChI is InChI=1S/C17H20N6O3/c1-26-15-10(5-4-8-18-15)20-16-19-9-11-14(22-16)23(17(25)21-11)12-6-2-3-7-13(12)24/h4-5,8-9,12-13,24H,2-3,6-7H2,1H3,(H,21,25)(H,19,20,22)/t12-,13+/m0/s1. The number of hydrogen-bond donors (Lipinski definition) is 3. The average Bonchev–Trinajstić information content (AvgIpc) is 2.98. The number of pyridine rings is 1. The van der Waals surface area contributed by atoms with Crippen LogP contribution in [0, 0.1) is 0 Å².